The first-order valence-electron chi connectivity index (χ1n) is 17.5. The van der Waals surface area contributed by atoms with Crippen molar-refractivity contribution in [1.82, 2.24) is 0 Å². The van der Waals surface area contributed by atoms with Crippen molar-refractivity contribution in [1.29, 1.82) is 0 Å². The van der Waals surface area contributed by atoms with Crippen molar-refractivity contribution in [3.8, 4) is 0 Å². The molecule has 5 aliphatic rings. The van der Waals surface area contributed by atoms with Crippen LogP contribution in [0.4, 0.5) is 0 Å². The van der Waals surface area contributed by atoms with Crippen molar-refractivity contribution in [2.45, 2.75) is 147 Å². The average Bonchev–Trinajstić information content (AvgIpc) is 3.63. The van der Waals surface area contributed by atoms with Gasteiger partial charge in [-0.15, -0.1) is 0 Å². The summed E-state index contributed by atoms with van der Waals surface area (Å²) in [6.45, 7) is 19.5. The van der Waals surface area contributed by atoms with Crippen molar-refractivity contribution in [2.24, 2.45) is 16.7 Å². The molecule has 0 spiro atoms. The lowest BCUT2D eigenvalue weighted by Crippen LogP contribution is -2.72. The summed E-state index contributed by atoms with van der Waals surface area (Å²) in [5.41, 5.74) is -1.14. The minimum absolute atomic E-state index is 0.0592. The Morgan fingerprint density at radius 3 is 2.26 bits per heavy atom. The second-order valence-electron chi connectivity index (χ2n) is 15.9. The number of benzene rings is 1. The van der Waals surface area contributed by atoms with E-state index in [0.717, 1.165) is 42.1 Å². The zero-order valence-electron chi connectivity index (χ0n) is 29.6. The summed E-state index contributed by atoms with van der Waals surface area (Å²) in [5.74, 6) is -1.76. The second kappa shape index (κ2) is 11.5. The Kier molecular flexibility index (Phi) is 8.57. The van der Waals surface area contributed by atoms with Gasteiger partial charge in [0.2, 0.25) is 0 Å². The van der Waals surface area contributed by atoms with E-state index in [1.54, 1.807) is 19.2 Å². The Morgan fingerprint density at radius 2 is 1.65 bits per heavy atom. The van der Waals surface area contributed by atoms with Crippen LogP contribution in [-0.4, -0.2) is 80.6 Å². The second-order valence-corrected chi connectivity index (χ2v) is 20.6. The van der Waals surface area contributed by atoms with Gasteiger partial charge in [0.25, 0.3) is 0 Å². The van der Waals surface area contributed by atoms with Crippen LogP contribution in [0.25, 0.3) is 0 Å². The van der Waals surface area contributed by atoms with Crippen LogP contribution >= 0.6 is 0 Å². The fraction of sp³-hybridized carbons (Fsp3) is 0.757. The average molecular weight is 657 g/mol. The molecule has 2 aliphatic heterocycles. The number of esters is 1. The molecule has 0 aromatic heterocycles. The van der Waals surface area contributed by atoms with Gasteiger partial charge in [-0.25, -0.2) is 4.79 Å². The Balaban J connectivity index is 1.61. The number of ether oxygens (including phenoxy) is 5. The van der Waals surface area contributed by atoms with Crippen LogP contribution in [-0.2, 0) is 28.1 Å². The molecule has 1 aromatic carbocycles. The number of fused-ring (bicyclic) bond motifs is 8. The van der Waals surface area contributed by atoms with Gasteiger partial charge in [0.15, 0.2) is 14.1 Å². The standard InChI is InChI=1S/C37H56O8Si/c1-11-46(12-2,13-3)45-25-21-37(39)31(41-32(38)24-17-15-14-16-18-24)29-35(9,20-19-26-36(29,42-26)22-40-10)30-28(43-34(7,8)44-30)27(23(25)4)33(37,5)6/h14-18,25-26,28-31,39H,11-13,19-22H2,1-10H3/t25-,26-,28+,29-,30-,31-,35+,36-,37+/m0/s1. The maximum absolute atomic E-state index is 14.1. The number of carbonyl (C=O) groups excluding carboxylic acids is 1. The summed E-state index contributed by atoms with van der Waals surface area (Å²) in [5, 5.41) is 13.6. The summed E-state index contributed by atoms with van der Waals surface area (Å²) in [6, 6.07) is 12.0. The van der Waals surface area contributed by atoms with Crippen LogP contribution < -0.4 is 0 Å². The van der Waals surface area contributed by atoms with Gasteiger partial charge in [-0.2, -0.15) is 0 Å². The molecule has 2 heterocycles. The molecule has 2 bridgehead atoms. The summed E-state index contributed by atoms with van der Waals surface area (Å²) in [4.78, 5) is 14.1. The predicted molar refractivity (Wildman–Crippen MR) is 178 cm³/mol. The number of hydrogen-bond acceptors (Lipinski definition) is 8. The smallest absolute Gasteiger partial charge is 0.338 e. The van der Waals surface area contributed by atoms with Crippen molar-refractivity contribution >= 4 is 14.3 Å². The first-order valence-corrected chi connectivity index (χ1v) is 20.0. The molecule has 46 heavy (non-hydrogen) atoms. The first kappa shape index (κ1) is 34.3. The number of methoxy groups -OCH3 is 1. The van der Waals surface area contributed by atoms with E-state index < -0.39 is 60.2 Å². The van der Waals surface area contributed by atoms with Gasteiger partial charge < -0.3 is 33.2 Å². The summed E-state index contributed by atoms with van der Waals surface area (Å²) in [6.07, 6.45) is -0.245. The molecular weight excluding hydrogens is 600 g/mol. The molecule has 256 valence electrons. The van der Waals surface area contributed by atoms with Crippen molar-refractivity contribution in [3.63, 3.8) is 0 Å². The molecule has 1 N–H and O–H groups in total. The number of aliphatic hydroxyl groups is 1. The van der Waals surface area contributed by atoms with Crippen LogP contribution in [0.15, 0.2) is 41.5 Å². The summed E-state index contributed by atoms with van der Waals surface area (Å²) >= 11 is 0. The van der Waals surface area contributed by atoms with Crippen LogP contribution in [0.1, 0.15) is 91.9 Å². The maximum atomic E-state index is 14.1. The highest BCUT2D eigenvalue weighted by Crippen LogP contribution is 2.69. The minimum atomic E-state index is -2.12. The molecular formula is C37H56O8Si. The molecule has 6 rings (SSSR count). The van der Waals surface area contributed by atoms with E-state index in [0.29, 0.717) is 18.6 Å². The molecule has 2 saturated heterocycles. The molecule has 8 nitrogen and oxygen atoms in total. The predicted octanol–water partition coefficient (Wildman–Crippen LogP) is 6.81. The van der Waals surface area contributed by atoms with Gasteiger partial charge in [0.05, 0.1) is 30.5 Å². The van der Waals surface area contributed by atoms with E-state index in [1.165, 1.54) is 0 Å². The lowest BCUT2D eigenvalue weighted by Gasteiger charge is -2.62. The Bertz CT molecular complexity index is 1350. The largest absolute Gasteiger partial charge is 0.455 e. The van der Waals surface area contributed by atoms with Gasteiger partial charge in [0.1, 0.15) is 23.4 Å². The molecule has 0 unspecified atom stereocenters. The molecule has 2 saturated carbocycles. The lowest BCUT2D eigenvalue weighted by molar-refractivity contribution is -0.232. The molecule has 9 heteroatoms. The third-order valence-corrected chi connectivity index (χ3v) is 17.6. The van der Waals surface area contributed by atoms with E-state index in [-0.39, 0.29) is 18.3 Å². The molecule has 0 radical (unpaired) electrons. The Labute approximate surface area is 276 Å². The van der Waals surface area contributed by atoms with Crippen molar-refractivity contribution < 1.29 is 38.0 Å². The van der Waals surface area contributed by atoms with E-state index in [4.69, 9.17) is 28.1 Å². The molecule has 3 aliphatic carbocycles. The third-order valence-electron chi connectivity index (χ3n) is 12.9. The fourth-order valence-electron chi connectivity index (χ4n) is 10.1. The Morgan fingerprint density at radius 1 is 1.00 bits per heavy atom. The van der Waals surface area contributed by atoms with Crippen molar-refractivity contribution in [2.75, 3.05) is 13.7 Å². The number of epoxide rings is 1. The monoisotopic (exact) mass is 656 g/mol. The molecule has 1 aromatic rings. The maximum Gasteiger partial charge on any atom is 0.338 e. The highest BCUT2D eigenvalue weighted by atomic mass is 28.4. The zero-order chi connectivity index (χ0) is 33.5. The van der Waals surface area contributed by atoms with E-state index in [2.05, 4.69) is 48.5 Å². The molecule has 4 fully saturated rings. The van der Waals surface area contributed by atoms with Gasteiger partial charge in [-0.05, 0) is 75.0 Å². The van der Waals surface area contributed by atoms with Crippen LogP contribution in [0.3, 0.4) is 0 Å². The summed E-state index contributed by atoms with van der Waals surface area (Å²) < 4.78 is 40.4. The SMILES string of the molecule is CC[Si](CC)(CC)O[C@H]1C[C@@]2(O)[C@@H](OC(=O)c3ccccc3)[C@H]3[C@@](C)(CC[C@@H]4O[C@@]43COC)[C@H]3OC(C)(C)O[C@@H]3C(=C1C)C2(C)C. The normalized spacial score (nSPS) is 40.7. The van der Waals surface area contributed by atoms with Gasteiger partial charge in [0, 0.05) is 30.3 Å². The topological polar surface area (TPSA) is 96.0 Å². The zero-order valence-corrected chi connectivity index (χ0v) is 30.6. The van der Waals surface area contributed by atoms with E-state index in [9.17, 15) is 9.90 Å². The van der Waals surface area contributed by atoms with Gasteiger partial charge in [-0.1, -0.05) is 59.7 Å². The van der Waals surface area contributed by atoms with Crippen molar-refractivity contribution in [3.05, 3.63) is 47.0 Å². The third kappa shape index (κ3) is 4.93. The number of rotatable bonds is 9. The minimum Gasteiger partial charge on any atom is -0.455 e. The highest BCUT2D eigenvalue weighted by Gasteiger charge is 2.79. The first-order chi connectivity index (χ1) is 21.6. The van der Waals surface area contributed by atoms with Crippen LogP contribution in [0, 0.1) is 16.7 Å². The van der Waals surface area contributed by atoms with Gasteiger partial charge in [-0.3, -0.25) is 0 Å². The van der Waals surface area contributed by atoms with Gasteiger partial charge >= 0.3 is 5.97 Å². The number of carbonyl (C=O) groups is 1. The fourth-order valence-corrected chi connectivity index (χ4v) is 12.9. The number of hydrogen-bond donors (Lipinski definition) is 1. The summed E-state index contributed by atoms with van der Waals surface area (Å²) in [7, 11) is -0.437. The lowest BCUT2D eigenvalue weighted by atomic mass is 9.47. The van der Waals surface area contributed by atoms with Crippen LogP contribution in [0.2, 0.25) is 18.1 Å². The quantitative estimate of drug-likeness (QED) is 0.134. The van der Waals surface area contributed by atoms with E-state index >= 15 is 0 Å². The van der Waals surface area contributed by atoms with E-state index in [1.807, 2.05) is 32.0 Å². The molecule has 0 amide bonds. The Hall–Kier alpha value is -1.59. The van der Waals surface area contributed by atoms with Crippen LogP contribution in [0.5, 0.6) is 0 Å². The molecule has 9 atom stereocenters. The highest BCUT2D eigenvalue weighted by molar-refractivity contribution is 6.73.